The van der Waals surface area contributed by atoms with Crippen LogP contribution in [0.4, 0.5) is 4.79 Å². The van der Waals surface area contributed by atoms with E-state index in [2.05, 4.69) is 31.2 Å². The number of hydrogen-bond donors (Lipinski definition) is 0. The average molecular weight is 309 g/mol. The SMILES string of the molecule is Cc1ccc(-c2cccc(C=C3SC(=O)N(C)C3=O)c2)cc1. The van der Waals surface area contributed by atoms with Crippen LogP contribution in [0.25, 0.3) is 17.2 Å². The predicted octanol–water partition coefficient (Wildman–Crippen LogP) is 4.33. The summed E-state index contributed by atoms with van der Waals surface area (Å²) < 4.78 is 0. The minimum absolute atomic E-state index is 0.231. The number of thioether (sulfide) groups is 1. The van der Waals surface area contributed by atoms with E-state index < -0.39 is 0 Å². The summed E-state index contributed by atoms with van der Waals surface area (Å²) in [4.78, 5) is 25.1. The normalized spacial score (nSPS) is 16.6. The number of nitrogens with zero attached hydrogens (tertiary/aromatic N) is 1. The molecule has 2 amide bonds. The standard InChI is InChI=1S/C18H15NO2S/c1-12-6-8-14(9-7-12)15-5-3-4-13(10-15)11-16-17(20)19(2)18(21)22-16/h3-11H,1-2H3. The number of aryl methyl sites for hydroxylation is 1. The summed E-state index contributed by atoms with van der Waals surface area (Å²) in [5.74, 6) is -0.240. The molecule has 2 aromatic carbocycles. The Morgan fingerprint density at radius 3 is 2.36 bits per heavy atom. The fourth-order valence-corrected chi connectivity index (χ4v) is 3.08. The molecule has 22 heavy (non-hydrogen) atoms. The second kappa shape index (κ2) is 5.81. The first kappa shape index (κ1) is 14.6. The Balaban J connectivity index is 1.94. The Labute approximate surface area is 133 Å². The maximum Gasteiger partial charge on any atom is 0.293 e. The van der Waals surface area contributed by atoms with Crippen molar-refractivity contribution in [1.82, 2.24) is 4.90 Å². The number of imide groups is 1. The van der Waals surface area contributed by atoms with Gasteiger partial charge in [-0.2, -0.15) is 0 Å². The Morgan fingerprint density at radius 2 is 1.73 bits per heavy atom. The Hall–Kier alpha value is -2.33. The average Bonchev–Trinajstić information content (AvgIpc) is 2.76. The number of hydrogen-bond acceptors (Lipinski definition) is 3. The van der Waals surface area contributed by atoms with Gasteiger partial charge in [-0.3, -0.25) is 14.5 Å². The van der Waals surface area contributed by atoms with Crippen LogP contribution in [0.3, 0.4) is 0 Å². The van der Waals surface area contributed by atoms with Gasteiger partial charge in [0, 0.05) is 7.05 Å². The molecule has 4 heteroatoms. The second-order valence-electron chi connectivity index (χ2n) is 5.23. The van der Waals surface area contributed by atoms with Crippen LogP contribution in [0.15, 0.2) is 53.4 Å². The molecule has 0 N–H and O–H groups in total. The molecule has 0 saturated carbocycles. The molecular formula is C18H15NO2S. The summed E-state index contributed by atoms with van der Waals surface area (Å²) in [6.07, 6.45) is 1.77. The summed E-state index contributed by atoms with van der Waals surface area (Å²) in [5.41, 5.74) is 4.35. The number of benzene rings is 2. The first-order valence-corrected chi connectivity index (χ1v) is 7.75. The lowest BCUT2D eigenvalue weighted by Crippen LogP contribution is -2.22. The topological polar surface area (TPSA) is 37.4 Å². The van der Waals surface area contributed by atoms with Gasteiger partial charge in [-0.15, -0.1) is 0 Å². The van der Waals surface area contributed by atoms with Gasteiger partial charge in [0.2, 0.25) is 0 Å². The third kappa shape index (κ3) is 2.83. The maximum atomic E-state index is 11.9. The van der Waals surface area contributed by atoms with Crippen molar-refractivity contribution in [1.29, 1.82) is 0 Å². The van der Waals surface area contributed by atoms with Gasteiger partial charge in [0.1, 0.15) is 0 Å². The van der Waals surface area contributed by atoms with Crippen molar-refractivity contribution in [3.63, 3.8) is 0 Å². The molecule has 0 aliphatic carbocycles. The zero-order chi connectivity index (χ0) is 15.7. The van der Waals surface area contributed by atoms with E-state index in [0.29, 0.717) is 4.91 Å². The molecule has 1 heterocycles. The number of carbonyl (C=O) groups is 2. The van der Waals surface area contributed by atoms with Gasteiger partial charge in [0.05, 0.1) is 4.91 Å². The zero-order valence-electron chi connectivity index (χ0n) is 12.4. The molecule has 3 nitrogen and oxygen atoms in total. The summed E-state index contributed by atoms with van der Waals surface area (Å²) in [7, 11) is 1.50. The molecule has 0 bridgehead atoms. The molecule has 1 saturated heterocycles. The van der Waals surface area contributed by atoms with Crippen LogP contribution in [0.5, 0.6) is 0 Å². The third-order valence-electron chi connectivity index (χ3n) is 3.56. The monoisotopic (exact) mass is 309 g/mol. The van der Waals surface area contributed by atoms with Crippen molar-refractivity contribution in [2.24, 2.45) is 0 Å². The van der Waals surface area contributed by atoms with Gasteiger partial charge < -0.3 is 0 Å². The number of carbonyl (C=O) groups excluding carboxylic acids is 2. The molecule has 1 aliphatic rings. The van der Waals surface area contributed by atoms with E-state index in [4.69, 9.17) is 0 Å². The number of likely N-dealkylation sites (N-methyl/N-ethyl adjacent to an activating group) is 1. The highest BCUT2D eigenvalue weighted by atomic mass is 32.2. The van der Waals surface area contributed by atoms with Crippen molar-refractivity contribution in [2.75, 3.05) is 7.05 Å². The van der Waals surface area contributed by atoms with E-state index in [1.165, 1.54) is 12.6 Å². The predicted molar refractivity (Wildman–Crippen MR) is 90.3 cm³/mol. The van der Waals surface area contributed by atoms with Gasteiger partial charge in [-0.05, 0) is 47.5 Å². The van der Waals surface area contributed by atoms with Crippen molar-refractivity contribution in [2.45, 2.75) is 6.92 Å². The van der Waals surface area contributed by atoms with E-state index in [-0.39, 0.29) is 11.1 Å². The van der Waals surface area contributed by atoms with Crippen molar-refractivity contribution >= 4 is 29.0 Å². The van der Waals surface area contributed by atoms with Crippen LogP contribution >= 0.6 is 11.8 Å². The number of rotatable bonds is 2. The fraction of sp³-hybridized carbons (Fsp3) is 0.111. The molecule has 1 aliphatic heterocycles. The second-order valence-corrected chi connectivity index (χ2v) is 6.23. The van der Waals surface area contributed by atoms with Crippen LogP contribution in [0.2, 0.25) is 0 Å². The molecular weight excluding hydrogens is 294 g/mol. The minimum atomic E-state index is -0.240. The van der Waals surface area contributed by atoms with Gasteiger partial charge >= 0.3 is 0 Å². The molecule has 3 rings (SSSR count). The van der Waals surface area contributed by atoms with Gasteiger partial charge in [0.25, 0.3) is 11.1 Å². The smallest absolute Gasteiger partial charge is 0.272 e. The largest absolute Gasteiger partial charge is 0.293 e. The van der Waals surface area contributed by atoms with Crippen molar-refractivity contribution in [3.05, 3.63) is 64.6 Å². The highest BCUT2D eigenvalue weighted by Gasteiger charge is 2.31. The Kier molecular flexibility index (Phi) is 3.86. The Bertz CT molecular complexity index is 778. The summed E-state index contributed by atoms with van der Waals surface area (Å²) in [6, 6.07) is 16.2. The first-order valence-electron chi connectivity index (χ1n) is 6.93. The van der Waals surface area contributed by atoms with Gasteiger partial charge in [0.15, 0.2) is 0 Å². The van der Waals surface area contributed by atoms with Crippen LogP contribution in [-0.2, 0) is 4.79 Å². The van der Waals surface area contributed by atoms with Crippen LogP contribution in [0.1, 0.15) is 11.1 Å². The van der Waals surface area contributed by atoms with Crippen molar-refractivity contribution in [3.8, 4) is 11.1 Å². The molecule has 110 valence electrons. The Morgan fingerprint density at radius 1 is 1.00 bits per heavy atom. The highest BCUT2D eigenvalue weighted by molar-refractivity contribution is 8.18. The lowest BCUT2D eigenvalue weighted by Gasteiger charge is -2.04. The quantitative estimate of drug-likeness (QED) is 0.775. The lowest BCUT2D eigenvalue weighted by molar-refractivity contribution is -0.121. The van der Waals surface area contributed by atoms with Crippen LogP contribution < -0.4 is 0 Å². The molecule has 0 atom stereocenters. The summed E-state index contributed by atoms with van der Waals surface area (Å²) in [6.45, 7) is 2.06. The summed E-state index contributed by atoms with van der Waals surface area (Å²) in [5, 5.41) is -0.231. The highest BCUT2D eigenvalue weighted by Crippen LogP contribution is 2.31. The minimum Gasteiger partial charge on any atom is -0.272 e. The van der Waals surface area contributed by atoms with E-state index >= 15 is 0 Å². The maximum absolute atomic E-state index is 11.9. The first-order chi connectivity index (χ1) is 10.5. The van der Waals surface area contributed by atoms with Gasteiger partial charge in [-0.25, -0.2) is 0 Å². The lowest BCUT2D eigenvalue weighted by atomic mass is 10.0. The van der Waals surface area contributed by atoms with Gasteiger partial charge in [-0.1, -0.05) is 48.0 Å². The molecule has 0 aromatic heterocycles. The zero-order valence-corrected chi connectivity index (χ0v) is 13.2. The number of amides is 2. The van der Waals surface area contributed by atoms with E-state index in [1.807, 2.05) is 24.3 Å². The molecule has 0 radical (unpaired) electrons. The molecule has 2 aromatic rings. The van der Waals surface area contributed by atoms with Crippen LogP contribution in [0, 0.1) is 6.92 Å². The van der Waals surface area contributed by atoms with E-state index in [1.54, 1.807) is 6.08 Å². The fourth-order valence-electron chi connectivity index (χ4n) is 2.25. The van der Waals surface area contributed by atoms with Crippen molar-refractivity contribution < 1.29 is 9.59 Å². The van der Waals surface area contributed by atoms with E-state index in [9.17, 15) is 9.59 Å². The molecule has 0 spiro atoms. The molecule has 1 fully saturated rings. The van der Waals surface area contributed by atoms with Crippen LogP contribution in [-0.4, -0.2) is 23.1 Å². The third-order valence-corrected chi connectivity index (χ3v) is 4.52. The molecule has 0 unspecified atom stereocenters. The summed E-state index contributed by atoms with van der Waals surface area (Å²) >= 11 is 0.979. The van der Waals surface area contributed by atoms with E-state index in [0.717, 1.165) is 33.4 Å².